The molecule has 2 N–H and O–H groups in total. The van der Waals surface area contributed by atoms with Crippen LogP contribution in [0.25, 0.3) is 11.3 Å². The summed E-state index contributed by atoms with van der Waals surface area (Å²) in [5, 5.41) is 0. The molecular weight excluding hydrogens is 409 g/mol. The molecule has 1 aliphatic heterocycles. The summed E-state index contributed by atoms with van der Waals surface area (Å²) in [6, 6.07) is 1.24. The first kappa shape index (κ1) is 21.5. The normalized spacial score (nSPS) is 17.7. The third-order valence-electron chi connectivity index (χ3n) is 5.74. The Hall–Kier alpha value is -2.75. The molecule has 10 heteroatoms. The molecule has 0 amide bonds. The first-order chi connectivity index (χ1) is 14.7. The lowest BCUT2D eigenvalue weighted by molar-refractivity contribution is -0.274. The van der Waals surface area contributed by atoms with Crippen LogP contribution in [0.15, 0.2) is 30.7 Å². The van der Waals surface area contributed by atoms with Gasteiger partial charge in [-0.2, -0.15) is 0 Å². The molecule has 4 rings (SSSR count). The maximum Gasteiger partial charge on any atom is 0.573 e. The van der Waals surface area contributed by atoms with Gasteiger partial charge in [0.1, 0.15) is 5.82 Å². The first-order valence-corrected chi connectivity index (χ1v) is 10.4. The molecule has 1 aliphatic carbocycles. The van der Waals surface area contributed by atoms with E-state index >= 15 is 0 Å². The van der Waals surface area contributed by atoms with Gasteiger partial charge in [0, 0.05) is 68.7 Å². The monoisotopic (exact) mass is 436 g/mol. The summed E-state index contributed by atoms with van der Waals surface area (Å²) in [5.74, 6) is 0.511. The van der Waals surface area contributed by atoms with E-state index in [-0.39, 0.29) is 5.82 Å². The summed E-state index contributed by atoms with van der Waals surface area (Å²) in [6.07, 6.45) is 1.38. The van der Waals surface area contributed by atoms with Crippen molar-refractivity contribution in [3.05, 3.63) is 36.6 Å². The molecule has 0 radical (unpaired) electrons. The summed E-state index contributed by atoms with van der Waals surface area (Å²) < 4.78 is 44.0. The average molecular weight is 436 g/mol. The van der Waals surface area contributed by atoms with Gasteiger partial charge in [-0.25, -0.2) is 9.97 Å². The molecule has 2 aliphatic rings. The number of aromatic nitrogens is 3. The molecule has 2 aromatic heterocycles. The lowest BCUT2D eigenvalue weighted by atomic mass is 10.2. The zero-order valence-corrected chi connectivity index (χ0v) is 17.5. The zero-order chi connectivity index (χ0) is 22.2. The van der Waals surface area contributed by atoms with Crippen molar-refractivity contribution >= 4 is 5.82 Å². The van der Waals surface area contributed by atoms with Crippen molar-refractivity contribution in [2.45, 2.75) is 38.1 Å². The van der Waals surface area contributed by atoms with Crippen LogP contribution in [0.2, 0.25) is 0 Å². The zero-order valence-electron chi connectivity index (χ0n) is 17.5. The van der Waals surface area contributed by atoms with Gasteiger partial charge in [0.15, 0.2) is 11.6 Å². The Balaban J connectivity index is 1.50. The Kier molecular flexibility index (Phi) is 5.83. The van der Waals surface area contributed by atoms with Gasteiger partial charge < -0.3 is 24.8 Å². The van der Waals surface area contributed by atoms with Gasteiger partial charge in [0.2, 0.25) is 0 Å². The van der Waals surface area contributed by atoms with Crippen molar-refractivity contribution in [2.75, 3.05) is 39.0 Å². The van der Waals surface area contributed by atoms with E-state index in [9.17, 15) is 13.2 Å². The van der Waals surface area contributed by atoms with Gasteiger partial charge in [-0.1, -0.05) is 6.58 Å². The fraction of sp³-hybridized carbons (Fsp3) is 0.524. The van der Waals surface area contributed by atoms with Gasteiger partial charge >= 0.3 is 6.36 Å². The van der Waals surface area contributed by atoms with Crippen molar-refractivity contribution in [3.63, 3.8) is 0 Å². The van der Waals surface area contributed by atoms with Crippen LogP contribution in [-0.4, -0.2) is 63.9 Å². The lowest BCUT2D eigenvalue weighted by Crippen LogP contribution is -2.43. The van der Waals surface area contributed by atoms with Gasteiger partial charge in [-0.15, -0.1) is 13.2 Å². The quantitative estimate of drug-likeness (QED) is 0.717. The number of alkyl halides is 3. The molecule has 0 atom stereocenters. The second kappa shape index (κ2) is 8.41. The van der Waals surface area contributed by atoms with E-state index in [4.69, 9.17) is 10.7 Å². The van der Waals surface area contributed by atoms with Crippen LogP contribution in [0.3, 0.4) is 0 Å². The maximum atomic E-state index is 12.6. The van der Waals surface area contributed by atoms with Gasteiger partial charge in [-0.3, -0.25) is 0 Å². The lowest BCUT2D eigenvalue weighted by Gasteiger charge is -2.35. The van der Waals surface area contributed by atoms with Crippen LogP contribution < -0.4 is 10.5 Å². The number of imidazole rings is 1. The molecule has 0 unspecified atom stereocenters. The topological polar surface area (TPSA) is 72.4 Å². The Morgan fingerprint density at radius 1 is 1.26 bits per heavy atom. The second-order valence-corrected chi connectivity index (χ2v) is 8.21. The fourth-order valence-corrected chi connectivity index (χ4v) is 3.75. The standard InChI is InChI=1S/C21H27F3N6O/c1-14(29-9-7-28(2)8-10-29)5-6-30-13-17(27-20(30)15-3-4-15)16-11-18(19(25)26-12-16)31-21(22,23)24/h11-13,15H,1,3-10H2,2H3,(H2,25,26). The number of likely N-dealkylation sites (N-methyl/N-ethyl adjacent to an activating group) is 1. The Labute approximate surface area is 179 Å². The highest BCUT2D eigenvalue weighted by Crippen LogP contribution is 2.41. The van der Waals surface area contributed by atoms with Crippen molar-refractivity contribution in [1.82, 2.24) is 24.3 Å². The van der Waals surface area contributed by atoms with Crippen LogP contribution >= 0.6 is 0 Å². The number of nitrogens with two attached hydrogens (primary N) is 1. The highest BCUT2D eigenvalue weighted by Gasteiger charge is 2.33. The van der Waals surface area contributed by atoms with E-state index in [1.807, 2.05) is 6.20 Å². The second-order valence-electron chi connectivity index (χ2n) is 8.21. The molecule has 1 saturated heterocycles. The van der Waals surface area contributed by atoms with E-state index in [1.54, 1.807) is 0 Å². The number of piperazine rings is 1. The molecule has 7 nitrogen and oxygen atoms in total. The molecule has 3 heterocycles. The van der Waals surface area contributed by atoms with Crippen LogP contribution in [0, 0.1) is 0 Å². The smallest absolute Gasteiger partial charge is 0.402 e. The number of halogens is 3. The highest BCUT2D eigenvalue weighted by molar-refractivity contribution is 5.64. The minimum absolute atomic E-state index is 0.314. The van der Waals surface area contributed by atoms with E-state index in [2.05, 4.69) is 37.7 Å². The Morgan fingerprint density at radius 3 is 2.61 bits per heavy atom. The Bertz CT molecular complexity index is 945. The van der Waals surface area contributed by atoms with E-state index in [1.165, 1.54) is 12.3 Å². The maximum absolute atomic E-state index is 12.6. The Morgan fingerprint density at radius 2 is 1.97 bits per heavy atom. The summed E-state index contributed by atoms with van der Waals surface area (Å²) in [4.78, 5) is 13.2. The summed E-state index contributed by atoms with van der Waals surface area (Å²) in [5.41, 5.74) is 7.65. The van der Waals surface area contributed by atoms with Crippen LogP contribution in [0.5, 0.6) is 5.75 Å². The number of hydrogen-bond donors (Lipinski definition) is 1. The molecular formula is C21H27F3N6O. The fourth-order valence-electron chi connectivity index (χ4n) is 3.75. The van der Waals surface area contributed by atoms with Crippen molar-refractivity contribution < 1.29 is 17.9 Å². The van der Waals surface area contributed by atoms with E-state index < -0.39 is 12.1 Å². The number of allylic oxidation sites excluding steroid dienone is 1. The molecule has 2 fully saturated rings. The van der Waals surface area contributed by atoms with Crippen molar-refractivity contribution in [3.8, 4) is 17.0 Å². The number of rotatable bonds is 7. The third-order valence-corrected chi connectivity index (χ3v) is 5.74. The molecule has 168 valence electrons. The van der Waals surface area contributed by atoms with E-state index in [0.29, 0.717) is 17.2 Å². The number of ether oxygens (including phenoxy) is 1. The number of anilines is 1. The summed E-state index contributed by atoms with van der Waals surface area (Å²) in [6.45, 7) is 8.96. The molecule has 0 spiro atoms. The van der Waals surface area contributed by atoms with Crippen LogP contribution in [-0.2, 0) is 6.54 Å². The minimum Gasteiger partial charge on any atom is -0.402 e. The molecule has 1 saturated carbocycles. The van der Waals surface area contributed by atoms with Gasteiger partial charge in [0.25, 0.3) is 0 Å². The summed E-state index contributed by atoms with van der Waals surface area (Å²) in [7, 11) is 2.12. The number of pyridine rings is 1. The third kappa shape index (κ3) is 5.30. The van der Waals surface area contributed by atoms with Crippen LogP contribution in [0.1, 0.15) is 31.0 Å². The number of hydrogen-bond acceptors (Lipinski definition) is 6. The number of nitrogen functional groups attached to an aromatic ring is 1. The molecule has 0 bridgehead atoms. The molecule has 2 aromatic rings. The van der Waals surface area contributed by atoms with Crippen LogP contribution in [0.4, 0.5) is 19.0 Å². The number of nitrogens with zero attached hydrogens (tertiary/aromatic N) is 5. The SMILES string of the molecule is C=C(CCn1cc(-c2cnc(N)c(OC(F)(F)F)c2)nc1C1CC1)N1CCN(C)CC1. The van der Waals surface area contributed by atoms with E-state index in [0.717, 1.165) is 63.5 Å². The predicted octanol–water partition coefficient (Wildman–Crippen LogP) is 3.45. The molecule has 0 aromatic carbocycles. The summed E-state index contributed by atoms with van der Waals surface area (Å²) >= 11 is 0. The number of aryl methyl sites for hydroxylation is 1. The minimum atomic E-state index is -4.84. The largest absolute Gasteiger partial charge is 0.573 e. The predicted molar refractivity (Wildman–Crippen MR) is 111 cm³/mol. The van der Waals surface area contributed by atoms with Gasteiger partial charge in [0.05, 0.1) is 5.69 Å². The van der Waals surface area contributed by atoms with Crippen molar-refractivity contribution in [1.29, 1.82) is 0 Å². The highest BCUT2D eigenvalue weighted by atomic mass is 19.4. The van der Waals surface area contributed by atoms with Gasteiger partial charge in [-0.05, 0) is 26.0 Å². The van der Waals surface area contributed by atoms with Crippen molar-refractivity contribution in [2.24, 2.45) is 0 Å². The molecule has 31 heavy (non-hydrogen) atoms. The first-order valence-electron chi connectivity index (χ1n) is 10.4. The average Bonchev–Trinajstić information content (AvgIpc) is 3.47.